The van der Waals surface area contributed by atoms with Crippen LogP contribution in [0.2, 0.25) is 0 Å². The van der Waals surface area contributed by atoms with Gasteiger partial charge in [-0.25, -0.2) is 0 Å². The summed E-state index contributed by atoms with van der Waals surface area (Å²) in [6.45, 7) is 15.2. The Morgan fingerprint density at radius 3 is 1.32 bits per heavy atom. The summed E-state index contributed by atoms with van der Waals surface area (Å²) < 4.78 is 12.5. The predicted molar refractivity (Wildman–Crippen MR) is 222 cm³/mol. The molecule has 0 aromatic rings. The molecule has 7 heteroatoms. The predicted octanol–water partition coefficient (Wildman–Crippen LogP) is 11.3. The summed E-state index contributed by atoms with van der Waals surface area (Å²) in [5, 5.41) is 9.19. The SMILES string of the molecule is CCCCCCCCC(CCCCCC)C(=O)OCC(COC(=O)C(CCCCCC)CCCCCCCC)N1CCC2(CC1)CN(CCCCO)C2. The fourth-order valence-corrected chi connectivity index (χ4v) is 8.78. The molecule has 2 aliphatic rings. The standard InChI is InChI=1S/C46H88N2O5/c1-5-9-13-17-19-23-29-41(27-21-15-11-7-3)44(50)52-37-43(48-34-31-46(32-35-48)39-47(40-46)33-25-26-36-49)38-53-45(51)42(28-22-16-12-8-4)30-24-20-18-14-10-6-2/h41-43,49H,5-40H2,1-4H3. The number of nitrogens with zero attached hydrogens (tertiary/aromatic N) is 2. The van der Waals surface area contributed by atoms with E-state index < -0.39 is 0 Å². The van der Waals surface area contributed by atoms with E-state index in [1.165, 1.54) is 103 Å². The van der Waals surface area contributed by atoms with Crippen LogP contribution in [0.3, 0.4) is 0 Å². The third-order valence-corrected chi connectivity index (χ3v) is 12.5. The number of hydrogen-bond donors (Lipinski definition) is 1. The van der Waals surface area contributed by atoms with Crippen LogP contribution < -0.4 is 0 Å². The van der Waals surface area contributed by atoms with Gasteiger partial charge in [-0.15, -0.1) is 0 Å². The number of esters is 2. The minimum absolute atomic E-state index is 0.0255. The molecule has 1 spiro atoms. The van der Waals surface area contributed by atoms with E-state index in [2.05, 4.69) is 37.5 Å². The van der Waals surface area contributed by atoms with Gasteiger partial charge in [-0.05, 0) is 76.4 Å². The molecule has 0 bridgehead atoms. The first-order valence-corrected chi connectivity index (χ1v) is 23.3. The Morgan fingerprint density at radius 1 is 0.547 bits per heavy atom. The number of rotatable bonds is 35. The van der Waals surface area contributed by atoms with Crippen molar-refractivity contribution in [3.05, 3.63) is 0 Å². The van der Waals surface area contributed by atoms with E-state index in [4.69, 9.17) is 9.47 Å². The van der Waals surface area contributed by atoms with E-state index in [-0.39, 0.29) is 36.4 Å². The number of aliphatic hydroxyl groups is 1. The summed E-state index contributed by atoms with van der Waals surface area (Å²) in [5.74, 6) is -0.117. The first-order chi connectivity index (χ1) is 25.9. The normalized spacial score (nSPS) is 17.8. The summed E-state index contributed by atoms with van der Waals surface area (Å²) in [6, 6.07) is -0.0921. The topological polar surface area (TPSA) is 79.3 Å². The zero-order valence-electron chi connectivity index (χ0n) is 35.7. The number of unbranched alkanes of at least 4 members (excludes halogenated alkanes) is 17. The number of likely N-dealkylation sites (tertiary alicyclic amines) is 2. The number of ether oxygens (including phenoxy) is 2. The molecule has 0 aromatic heterocycles. The van der Waals surface area contributed by atoms with Crippen LogP contribution in [0.15, 0.2) is 0 Å². The molecule has 2 saturated heterocycles. The van der Waals surface area contributed by atoms with Gasteiger partial charge < -0.3 is 19.5 Å². The minimum Gasteiger partial charge on any atom is -0.464 e. The molecule has 0 aromatic carbocycles. The van der Waals surface area contributed by atoms with E-state index in [0.717, 1.165) is 110 Å². The van der Waals surface area contributed by atoms with Crippen LogP contribution in [0.5, 0.6) is 0 Å². The lowest BCUT2D eigenvalue weighted by Crippen LogP contribution is -2.61. The Bertz CT molecular complexity index is 835. The second-order valence-corrected chi connectivity index (χ2v) is 17.3. The highest BCUT2D eigenvalue weighted by Gasteiger charge is 2.45. The third-order valence-electron chi connectivity index (χ3n) is 12.5. The van der Waals surface area contributed by atoms with Crippen LogP contribution in [0, 0.1) is 17.3 Å². The van der Waals surface area contributed by atoms with Crippen molar-refractivity contribution in [2.45, 2.75) is 214 Å². The lowest BCUT2D eigenvalue weighted by atomic mass is 9.71. The molecule has 2 fully saturated rings. The first kappa shape index (κ1) is 48.0. The Hall–Kier alpha value is -1.18. The van der Waals surface area contributed by atoms with E-state index in [1.54, 1.807) is 0 Å². The highest BCUT2D eigenvalue weighted by molar-refractivity contribution is 5.73. The van der Waals surface area contributed by atoms with Gasteiger partial charge in [0.05, 0.1) is 17.9 Å². The van der Waals surface area contributed by atoms with Gasteiger partial charge in [0.2, 0.25) is 0 Å². The number of hydrogen-bond acceptors (Lipinski definition) is 7. The molecule has 0 radical (unpaired) electrons. The molecule has 1 N–H and O–H groups in total. The van der Waals surface area contributed by atoms with Crippen molar-refractivity contribution in [3.8, 4) is 0 Å². The van der Waals surface area contributed by atoms with Gasteiger partial charge >= 0.3 is 11.9 Å². The Labute approximate surface area is 328 Å². The van der Waals surface area contributed by atoms with Gasteiger partial charge in [0.15, 0.2) is 0 Å². The molecule has 53 heavy (non-hydrogen) atoms. The minimum atomic E-state index is -0.0921. The average Bonchev–Trinajstić information content (AvgIpc) is 3.15. The van der Waals surface area contributed by atoms with Crippen LogP contribution in [-0.4, -0.2) is 85.4 Å². The molecule has 0 aliphatic carbocycles. The monoisotopic (exact) mass is 749 g/mol. The highest BCUT2D eigenvalue weighted by atomic mass is 16.5. The van der Waals surface area contributed by atoms with Crippen LogP contribution >= 0.6 is 0 Å². The maximum absolute atomic E-state index is 13.7. The highest BCUT2D eigenvalue weighted by Crippen LogP contribution is 2.41. The molecule has 0 amide bonds. The second kappa shape index (κ2) is 31.0. The third kappa shape index (κ3) is 21.1. The van der Waals surface area contributed by atoms with Crippen molar-refractivity contribution < 1.29 is 24.2 Å². The van der Waals surface area contributed by atoms with Crippen LogP contribution in [-0.2, 0) is 19.1 Å². The van der Waals surface area contributed by atoms with Gasteiger partial charge in [-0.2, -0.15) is 0 Å². The Kier molecular flexibility index (Phi) is 28.0. The molecule has 2 heterocycles. The zero-order valence-corrected chi connectivity index (χ0v) is 35.7. The van der Waals surface area contributed by atoms with Gasteiger partial charge in [-0.3, -0.25) is 14.5 Å². The first-order valence-electron chi connectivity index (χ1n) is 23.3. The van der Waals surface area contributed by atoms with E-state index in [0.29, 0.717) is 18.6 Å². The summed E-state index contributed by atoms with van der Waals surface area (Å²) in [7, 11) is 0. The fraction of sp³-hybridized carbons (Fsp3) is 0.957. The number of piperidine rings is 1. The summed E-state index contributed by atoms with van der Waals surface area (Å²) >= 11 is 0. The number of aliphatic hydroxyl groups excluding tert-OH is 1. The lowest BCUT2D eigenvalue weighted by molar-refractivity contribution is -0.157. The summed E-state index contributed by atoms with van der Waals surface area (Å²) in [6.07, 6.45) is 32.1. The average molecular weight is 749 g/mol. The van der Waals surface area contributed by atoms with Crippen LogP contribution in [0.4, 0.5) is 0 Å². The molecular formula is C46H88N2O5. The summed E-state index contributed by atoms with van der Waals surface area (Å²) in [4.78, 5) is 32.5. The van der Waals surface area contributed by atoms with Crippen molar-refractivity contribution in [1.82, 2.24) is 9.80 Å². The van der Waals surface area contributed by atoms with Gasteiger partial charge in [0.1, 0.15) is 13.2 Å². The van der Waals surface area contributed by atoms with Crippen LogP contribution in [0.1, 0.15) is 207 Å². The molecule has 2 unspecified atom stereocenters. The molecule has 2 rings (SSSR count). The molecule has 7 nitrogen and oxygen atoms in total. The lowest BCUT2D eigenvalue weighted by Gasteiger charge is -2.55. The zero-order chi connectivity index (χ0) is 38.4. The van der Waals surface area contributed by atoms with Crippen molar-refractivity contribution in [2.75, 3.05) is 52.5 Å². The molecule has 312 valence electrons. The fourth-order valence-electron chi connectivity index (χ4n) is 8.78. The Morgan fingerprint density at radius 2 is 0.925 bits per heavy atom. The molecule has 2 aliphatic heterocycles. The van der Waals surface area contributed by atoms with Gasteiger partial charge in [-0.1, -0.05) is 156 Å². The molecular weight excluding hydrogens is 661 g/mol. The maximum atomic E-state index is 13.7. The quantitative estimate of drug-likeness (QED) is 0.0510. The van der Waals surface area contributed by atoms with E-state index >= 15 is 0 Å². The Balaban J connectivity index is 2.04. The van der Waals surface area contributed by atoms with Crippen molar-refractivity contribution in [3.63, 3.8) is 0 Å². The van der Waals surface area contributed by atoms with E-state index in [1.807, 2.05) is 0 Å². The van der Waals surface area contributed by atoms with Gasteiger partial charge in [0, 0.05) is 19.7 Å². The smallest absolute Gasteiger partial charge is 0.308 e. The van der Waals surface area contributed by atoms with Gasteiger partial charge in [0.25, 0.3) is 0 Å². The largest absolute Gasteiger partial charge is 0.464 e. The van der Waals surface area contributed by atoms with E-state index in [9.17, 15) is 14.7 Å². The van der Waals surface area contributed by atoms with Crippen molar-refractivity contribution in [2.24, 2.45) is 17.3 Å². The number of carbonyl (C=O) groups excluding carboxylic acids is 2. The summed E-state index contributed by atoms with van der Waals surface area (Å²) in [5.41, 5.74) is 0.384. The molecule has 2 atom stereocenters. The van der Waals surface area contributed by atoms with Crippen molar-refractivity contribution in [1.29, 1.82) is 0 Å². The van der Waals surface area contributed by atoms with Crippen LogP contribution in [0.25, 0.3) is 0 Å². The molecule has 0 saturated carbocycles. The maximum Gasteiger partial charge on any atom is 0.308 e. The number of carbonyl (C=O) groups is 2. The second-order valence-electron chi connectivity index (χ2n) is 17.3. The van der Waals surface area contributed by atoms with Crippen molar-refractivity contribution >= 4 is 11.9 Å².